The average Bonchev–Trinajstić information content (AvgIpc) is 2.85. The van der Waals surface area contributed by atoms with Crippen molar-refractivity contribution in [1.29, 1.82) is 0 Å². The van der Waals surface area contributed by atoms with Crippen molar-refractivity contribution in [2.75, 3.05) is 26.3 Å². The Morgan fingerprint density at radius 3 is 2.50 bits per heavy atom. The van der Waals surface area contributed by atoms with Crippen LogP contribution in [0.1, 0.15) is 5.69 Å². The highest BCUT2D eigenvalue weighted by Crippen LogP contribution is 2.30. The van der Waals surface area contributed by atoms with Crippen molar-refractivity contribution in [3.8, 4) is 23.0 Å². The molecule has 4 aromatic rings. The Bertz CT molecular complexity index is 1280. The van der Waals surface area contributed by atoms with E-state index in [2.05, 4.69) is 15.3 Å². The number of aromatic nitrogens is 2. The zero-order valence-corrected chi connectivity index (χ0v) is 18.9. The maximum atomic E-state index is 11.7. The van der Waals surface area contributed by atoms with Gasteiger partial charge in [-0.2, -0.15) is 0 Å². The van der Waals surface area contributed by atoms with Gasteiger partial charge in [0, 0.05) is 13.1 Å². The van der Waals surface area contributed by atoms with E-state index in [4.69, 9.17) is 14.2 Å². The Balaban J connectivity index is 1.22. The summed E-state index contributed by atoms with van der Waals surface area (Å²) in [6, 6.07) is 22.3. The lowest BCUT2D eigenvalue weighted by atomic mass is 10.2. The number of benzene rings is 3. The van der Waals surface area contributed by atoms with E-state index in [1.807, 2.05) is 54.6 Å². The zero-order valence-electron chi connectivity index (χ0n) is 18.9. The molecule has 8 heteroatoms. The third-order valence-electron chi connectivity index (χ3n) is 5.02. The van der Waals surface area contributed by atoms with Crippen LogP contribution in [0.25, 0.3) is 11.0 Å². The molecule has 3 aromatic carbocycles. The molecular formula is C26H27N3O5. The lowest BCUT2D eigenvalue weighted by Gasteiger charge is -2.15. The summed E-state index contributed by atoms with van der Waals surface area (Å²) in [4.78, 5) is 18.8. The number of aromatic amines is 1. The summed E-state index contributed by atoms with van der Waals surface area (Å²) >= 11 is 0. The second-order valence-electron chi connectivity index (χ2n) is 7.68. The van der Waals surface area contributed by atoms with Crippen LogP contribution >= 0.6 is 0 Å². The number of aliphatic hydroxyl groups excluding tert-OH is 1. The lowest BCUT2D eigenvalue weighted by molar-refractivity contribution is 0.106. The number of fused-ring (bicyclic) bond motifs is 1. The van der Waals surface area contributed by atoms with Crippen molar-refractivity contribution in [1.82, 2.24) is 15.3 Å². The van der Waals surface area contributed by atoms with E-state index in [0.29, 0.717) is 53.7 Å². The van der Waals surface area contributed by atoms with Gasteiger partial charge in [0.2, 0.25) is 0 Å². The number of hydrogen-bond donors (Lipinski definition) is 3. The molecule has 0 fully saturated rings. The Hall–Kier alpha value is -3.88. The Morgan fingerprint density at radius 1 is 0.941 bits per heavy atom. The molecule has 0 saturated carbocycles. The molecule has 1 aromatic heterocycles. The van der Waals surface area contributed by atoms with Gasteiger partial charge in [-0.05, 0) is 43.3 Å². The first-order valence-electron chi connectivity index (χ1n) is 11.1. The van der Waals surface area contributed by atoms with Gasteiger partial charge >= 0.3 is 0 Å². The van der Waals surface area contributed by atoms with Gasteiger partial charge in [0.15, 0.2) is 11.5 Å². The molecule has 1 unspecified atom stereocenters. The third-order valence-corrected chi connectivity index (χ3v) is 5.02. The summed E-state index contributed by atoms with van der Waals surface area (Å²) in [5.41, 5.74) is 1.28. The van der Waals surface area contributed by atoms with E-state index >= 15 is 0 Å². The molecule has 0 aliphatic rings. The van der Waals surface area contributed by atoms with Crippen molar-refractivity contribution in [3.05, 3.63) is 88.8 Å². The Kier molecular flexibility index (Phi) is 7.75. The molecule has 4 rings (SSSR count). The van der Waals surface area contributed by atoms with Gasteiger partial charge in [0.05, 0.1) is 5.52 Å². The van der Waals surface area contributed by atoms with Crippen molar-refractivity contribution in [2.45, 2.75) is 13.0 Å². The zero-order chi connectivity index (χ0) is 23.8. The number of H-pyrrole nitrogens is 1. The highest BCUT2D eigenvalue weighted by atomic mass is 16.5. The van der Waals surface area contributed by atoms with Crippen LogP contribution in [-0.4, -0.2) is 47.5 Å². The molecule has 0 bridgehead atoms. The Morgan fingerprint density at radius 2 is 1.68 bits per heavy atom. The summed E-state index contributed by atoms with van der Waals surface area (Å²) in [5.74, 6) is 2.54. The third kappa shape index (κ3) is 6.12. The van der Waals surface area contributed by atoms with Crippen molar-refractivity contribution in [2.24, 2.45) is 0 Å². The summed E-state index contributed by atoms with van der Waals surface area (Å²) in [5, 5.41) is 13.4. The Labute approximate surface area is 197 Å². The van der Waals surface area contributed by atoms with Gasteiger partial charge in [-0.1, -0.05) is 36.4 Å². The topological polar surface area (TPSA) is 106 Å². The minimum absolute atomic E-state index is 0.0839. The standard InChI is InChI=1S/C26H27N3O5/c1-18-26(31)29-21-10-7-13-24(25(21)28-18)33-17-19(30)16-27-14-15-32-22-11-5-6-12-23(22)34-20-8-3-2-4-9-20/h2-13,19,27,30H,14-17H2,1H3,(H,29,31). The normalized spacial score (nSPS) is 11.8. The first kappa shape index (κ1) is 23.3. The van der Waals surface area contributed by atoms with E-state index in [9.17, 15) is 9.90 Å². The number of para-hydroxylation sites is 4. The second kappa shape index (κ2) is 11.3. The van der Waals surface area contributed by atoms with Crippen LogP contribution in [0.2, 0.25) is 0 Å². The number of rotatable bonds is 11. The molecule has 0 spiro atoms. The summed E-state index contributed by atoms with van der Waals surface area (Å²) in [6.45, 7) is 3.00. The summed E-state index contributed by atoms with van der Waals surface area (Å²) < 4.78 is 17.5. The quantitative estimate of drug-likeness (QED) is 0.294. The fourth-order valence-corrected chi connectivity index (χ4v) is 3.30. The highest BCUT2D eigenvalue weighted by molar-refractivity contribution is 5.80. The van der Waals surface area contributed by atoms with Crippen LogP contribution in [0.4, 0.5) is 0 Å². The molecule has 3 N–H and O–H groups in total. The largest absolute Gasteiger partial charge is 0.488 e. The van der Waals surface area contributed by atoms with Gasteiger partial charge in [0.1, 0.15) is 42.0 Å². The van der Waals surface area contributed by atoms with E-state index in [-0.39, 0.29) is 12.2 Å². The minimum atomic E-state index is -0.729. The smallest absolute Gasteiger partial charge is 0.269 e. The predicted octanol–water partition coefficient (Wildman–Crippen LogP) is 3.43. The molecule has 0 radical (unpaired) electrons. The molecule has 0 saturated heterocycles. The highest BCUT2D eigenvalue weighted by Gasteiger charge is 2.10. The van der Waals surface area contributed by atoms with Gasteiger partial charge < -0.3 is 29.6 Å². The fraction of sp³-hybridized carbons (Fsp3) is 0.231. The van der Waals surface area contributed by atoms with Gasteiger partial charge in [0.25, 0.3) is 5.56 Å². The van der Waals surface area contributed by atoms with Gasteiger partial charge in [-0.3, -0.25) is 4.79 Å². The molecular weight excluding hydrogens is 434 g/mol. The fourth-order valence-electron chi connectivity index (χ4n) is 3.30. The van der Waals surface area contributed by atoms with Crippen LogP contribution in [0.15, 0.2) is 77.6 Å². The molecule has 0 aliphatic heterocycles. The number of nitrogens with one attached hydrogen (secondary N) is 2. The van der Waals surface area contributed by atoms with E-state index in [1.165, 1.54) is 0 Å². The summed E-state index contributed by atoms with van der Waals surface area (Å²) in [6.07, 6.45) is -0.729. The molecule has 0 aliphatic carbocycles. The first-order valence-corrected chi connectivity index (χ1v) is 11.1. The monoisotopic (exact) mass is 461 g/mol. The SMILES string of the molecule is Cc1nc2c(OCC(O)CNCCOc3ccccc3Oc3ccccc3)cccc2[nH]c1=O. The predicted molar refractivity (Wildman–Crippen MR) is 130 cm³/mol. The maximum Gasteiger partial charge on any atom is 0.269 e. The van der Waals surface area contributed by atoms with Crippen molar-refractivity contribution in [3.63, 3.8) is 0 Å². The number of hydrogen-bond acceptors (Lipinski definition) is 7. The molecule has 0 amide bonds. The summed E-state index contributed by atoms with van der Waals surface area (Å²) in [7, 11) is 0. The average molecular weight is 462 g/mol. The van der Waals surface area contributed by atoms with E-state index in [1.54, 1.807) is 25.1 Å². The van der Waals surface area contributed by atoms with Crippen LogP contribution in [0.3, 0.4) is 0 Å². The van der Waals surface area contributed by atoms with Crippen LogP contribution in [-0.2, 0) is 0 Å². The van der Waals surface area contributed by atoms with E-state index in [0.717, 1.165) is 5.75 Å². The van der Waals surface area contributed by atoms with Crippen molar-refractivity contribution < 1.29 is 19.3 Å². The van der Waals surface area contributed by atoms with Gasteiger partial charge in [-0.15, -0.1) is 0 Å². The molecule has 176 valence electrons. The van der Waals surface area contributed by atoms with Crippen LogP contribution < -0.4 is 25.1 Å². The number of aliphatic hydroxyl groups is 1. The van der Waals surface area contributed by atoms with Crippen molar-refractivity contribution >= 4 is 11.0 Å². The molecule has 8 nitrogen and oxygen atoms in total. The lowest BCUT2D eigenvalue weighted by Crippen LogP contribution is -2.33. The van der Waals surface area contributed by atoms with Crippen LogP contribution in [0.5, 0.6) is 23.0 Å². The molecule has 1 heterocycles. The van der Waals surface area contributed by atoms with E-state index < -0.39 is 6.10 Å². The van der Waals surface area contributed by atoms with Gasteiger partial charge in [-0.25, -0.2) is 4.98 Å². The second-order valence-corrected chi connectivity index (χ2v) is 7.68. The number of nitrogens with zero attached hydrogens (tertiary/aromatic N) is 1. The maximum absolute atomic E-state index is 11.7. The number of ether oxygens (including phenoxy) is 3. The minimum Gasteiger partial charge on any atom is -0.488 e. The molecule has 34 heavy (non-hydrogen) atoms. The first-order chi connectivity index (χ1) is 16.6. The molecule has 1 atom stereocenters. The number of aryl methyl sites for hydroxylation is 1. The van der Waals surface area contributed by atoms with Crippen LogP contribution in [0, 0.1) is 6.92 Å².